The fraction of sp³-hybridized carbons (Fsp3) is 0.250. The first-order valence-corrected chi connectivity index (χ1v) is 6.40. The van der Waals surface area contributed by atoms with E-state index in [1.165, 1.54) is 0 Å². The number of rotatable bonds is 5. The molecule has 0 saturated carbocycles. The molecule has 2 rings (SSSR count). The largest absolute Gasteiger partial charge is 0.480 e. The summed E-state index contributed by atoms with van der Waals surface area (Å²) in [6.45, 7) is 1.77. The van der Waals surface area contributed by atoms with E-state index in [9.17, 15) is 4.79 Å². The Kier molecular flexibility index (Phi) is 4.28. The van der Waals surface area contributed by atoms with Gasteiger partial charge in [0.25, 0.3) is 0 Å². The molecule has 0 fully saturated rings. The summed E-state index contributed by atoms with van der Waals surface area (Å²) in [5.74, 6) is -0.101. The number of carbonyl (C=O) groups is 1. The molecule has 100 valence electrons. The van der Waals surface area contributed by atoms with Crippen LogP contribution < -0.4 is 5.32 Å². The van der Waals surface area contributed by atoms with Crippen molar-refractivity contribution in [3.63, 3.8) is 0 Å². The Balaban J connectivity index is 2.05. The van der Waals surface area contributed by atoms with E-state index in [0.29, 0.717) is 11.7 Å². The summed E-state index contributed by atoms with van der Waals surface area (Å²) in [5, 5.41) is 15.4. The van der Waals surface area contributed by atoms with E-state index < -0.39 is 12.0 Å². The van der Waals surface area contributed by atoms with Gasteiger partial charge in [-0.2, -0.15) is 4.98 Å². The molecule has 0 aliphatic carbocycles. The fourth-order valence-electron chi connectivity index (χ4n) is 1.40. The van der Waals surface area contributed by atoms with Crippen molar-refractivity contribution < 1.29 is 14.4 Å². The van der Waals surface area contributed by atoms with Gasteiger partial charge < -0.3 is 9.63 Å². The second-order valence-electron chi connectivity index (χ2n) is 3.96. The number of aromatic nitrogens is 2. The lowest BCUT2D eigenvalue weighted by Gasteiger charge is -2.05. The summed E-state index contributed by atoms with van der Waals surface area (Å²) < 4.78 is 5.98. The van der Waals surface area contributed by atoms with Gasteiger partial charge in [-0.05, 0) is 19.1 Å². The zero-order valence-electron chi connectivity index (χ0n) is 10.1. The van der Waals surface area contributed by atoms with Crippen molar-refractivity contribution in [2.24, 2.45) is 0 Å². The summed E-state index contributed by atoms with van der Waals surface area (Å²) in [7, 11) is 0. The van der Waals surface area contributed by atoms with Gasteiger partial charge in [-0.15, -0.1) is 0 Å². The minimum Gasteiger partial charge on any atom is -0.480 e. The molecule has 0 aliphatic heterocycles. The van der Waals surface area contributed by atoms with E-state index in [-0.39, 0.29) is 6.54 Å². The van der Waals surface area contributed by atoms with Crippen molar-refractivity contribution in [2.45, 2.75) is 19.5 Å². The second-order valence-corrected chi connectivity index (χ2v) is 4.88. The minimum absolute atomic E-state index is 0.217. The van der Waals surface area contributed by atoms with Crippen molar-refractivity contribution in [3.8, 4) is 11.4 Å². The molecular weight excluding hydrogens is 314 g/mol. The quantitative estimate of drug-likeness (QED) is 0.874. The van der Waals surface area contributed by atoms with E-state index in [4.69, 9.17) is 9.63 Å². The number of carboxylic acid groups (broad SMARTS) is 1. The van der Waals surface area contributed by atoms with Crippen LogP contribution >= 0.6 is 15.9 Å². The Labute approximate surface area is 118 Å². The van der Waals surface area contributed by atoms with E-state index >= 15 is 0 Å². The molecule has 0 unspecified atom stereocenters. The second kappa shape index (κ2) is 5.94. The Bertz CT molecular complexity index is 585. The average Bonchev–Trinajstić information content (AvgIpc) is 2.84. The molecule has 1 heterocycles. The summed E-state index contributed by atoms with van der Waals surface area (Å²) in [4.78, 5) is 14.8. The standard InChI is InChI=1S/C12H12BrN3O3/c1-7(12(17)18)14-6-10-15-11(16-19-10)8-3-2-4-9(13)5-8/h2-5,7,14H,6H2,1H3,(H,17,18)/t7-/m0/s1. The van der Waals surface area contributed by atoms with Gasteiger partial charge in [0, 0.05) is 10.0 Å². The molecule has 19 heavy (non-hydrogen) atoms. The third-order valence-corrected chi connectivity index (χ3v) is 2.97. The number of hydrogen-bond acceptors (Lipinski definition) is 5. The van der Waals surface area contributed by atoms with Gasteiger partial charge in [-0.25, -0.2) is 0 Å². The van der Waals surface area contributed by atoms with Crippen LogP contribution in [0.25, 0.3) is 11.4 Å². The molecule has 6 nitrogen and oxygen atoms in total. The predicted octanol–water partition coefficient (Wildman–Crippen LogP) is 2.06. The van der Waals surface area contributed by atoms with Crippen LogP contribution in [0.2, 0.25) is 0 Å². The maximum Gasteiger partial charge on any atom is 0.320 e. The molecule has 0 bridgehead atoms. The number of halogens is 1. The molecule has 0 amide bonds. The summed E-state index contributed by atoms with van der Waals surface area (Å²) >= 11 is 3.37. The van der Waals surface area contributed by atoms with Gasteiger partial charge in [0.2, 0.25) is 11.7 Å². The molecule has 0 aliphatic rings. The zero-order valence-corrected chi connectivity index (χ0v) is 11.7. The monoisotopic (exact) mass is 325 g/mol. The number of hydrogen-bond donors (Lipinski definition) is 2. The van der Waals surface area contributed by atoms with Crippen LogP contribution in [-0.4, -0.2) is 27.3 Å². The van der Waals surface area contributed by atoms with Crippen LogP contribution in [0.1, 0.15) is 12.8 Å². The van der Waals surface area contributed by atoms with Gasteiger partial charge in [0.15, 0.2) is 0 Å². The topological polar surface area (TPSA) is 88.3 Å². The highest BCUT2D eigenvalue weighted by Crippen LogP contribution is 2.20. The molecule has 7 heteroatoms. The first-order valence-electron chi connectivity index (χ1n) is 5.61. The van der Waals surface area contributed by atoms with Crippen molar-refractivity contribution in [2.75, 3.05) is 0 Å². The van der Waals surface area contributed by atoms with Gasteiger partial charge in [0.1, 0.15) is 6.04 Å². The third-order valence-electron chi connectivity index (χ3n) is 2.48. The summed E-state index contributed by atoms with van der Waals surface area (Å²) in [6.07, 6.45) is 0. The maximum atomic E-state index is 10.7. The average molecular weight is 326 g/mol. The van der Waals surface area contributed by atoms with Crippen LogP contribution in [0.4, 0.5) is 0 Å². The Morgan fingerprint density at radius 2 is 2.37 bits per heavy atom. The number of nitrogens with zero attached hydrogens (tertiary/aromatic N) is 2. The van der Waals surface area contributed by atoms with E-state index in [1.54, 1.807) is 6.92 Å². The number of aliphatic carboxylic acids is 1. The van der Waals surface area contributed by atoms with E-state index in [0.717, 1.165) is 10.0 Å². The molecule has 0 saturated heterocycles. The highest BCUT2D eigenvalue weighted by molar-refractivity contribution is 9.10. The van der Waals surface area contributed by atoms with Gasteiger partial charge >= 0.3 is 5.97 Å². The lowest BCUT2D eigenvalue weighted by atomic mass is 10.2. The Morgan fingerprint density at radius 3 is 3.05 bits per heavy atom. The molecule has 2 N–H and O–H groups in total. The van der Waals surface area contributed by atoms with Crippen LogP contribution in [0.3, 0.4) is 0 Å². The van der Waals surface area contributed by atoms with Crippen molar-refractivity contribution in [1.29, 1.82) is 0 Å². The normalized spacial score (nSPS) is 12.3. The third kappa shape index (κ3) is 3.62. The van der Waals surface area contributed by atoms with Crippen molar-refractivity contribution in [1.82, 2.24) is 15.5 Å². The van der Waals surface area contributed by atoms with E-state index in [2.05, 4.69) is 31.4 Å². The smallest absolute Gasteiger partial charge is 0.320 e. The SMILES string of the molecule is C[C@H](NCc1nc(-c2cccc(Br)c2)no1)C(=O)O. The van der Waals surface area contributed by atoms with Gasteiger partial charge in [-0.1, -0.05) is 33.2 Å². The Morgan fingerprint density at radius 1 is 1.58 bits per heavy atom. The fourth-order valence-corrected chi connectivity index (χ4v) is 1.80. The molecule has 1 atom stereocenters. The first kappa shape index (κ1) is 13.7. The van der Waals surface area contributed by atoms with Crippen molar-refractivity contribution >= 4 is 21.9 Å². The number of nitrogens with one attached hydrogen (secondary N) is 1. The lowest BCUT2D eigenvalue weighted by molar-refractivity contribution is -0.139. The summed E-state index contributed by atoms with van der Waals surface area (Å²) in [5.41, 5.74) is 0.829. The lowest BCUT2D eigenvalue weighted by Crippen LogP contribution is -2.33. The predicted molar refractivity (Wildman–Crippen MR) is 71.4 cm³/mol. The molecule has 0 radical (unpaired) electrons. The molecule has 1 aromatic heterocycles. The highest BCUT2D eigenvalue weighted by atomic mass is 79.9. The van der Waals surface area contributed by atoms with Gasteiger partial charge in [0.05, 0.1) is 6.54 Å². The van der Waals surface area contributed by atoms with Crippen molar-refractivity contribution in [3.05, 3.63) is 34.6 Å². The number of carboxylic acids is 1. The van der Waals surface area contributed by atoms with Crippen LogP contribution in [0.15, 0.2) is 33.3 Å². The zero-order chi connectivity index (χ0) is 13.8. The molecule has 2 aromatic rings. The van der Waals surface area contributed by atoms with Crippen LogP contribution in [-0.2, 0) is 11.3 Å². The number of benzene rings is 1. The summed E-state index contributed by atoms with van der Waals surface area (Å²) in [6, 6.07) is 6.86. The Hall–Kier alpha value is -1.73. The maximum absolute atomic E-state index is 10.7. The minimum atomic E-state index is -0.924. The van der Waals surface area contributed by atoms with E-state index in [1.807, 2.05) is 24.3 Å². The molecule has 0 spiro atoms. The first-order chi connectivity index (χ1) is 9.06. The molecule has 1 aromatic carbocycles. The molecular formula is C12H12BrN3O3. The highest BCUT2D eigenvalue weighted by Gasteiger charge is 2.13. The van der Waals surface area contributed by atoms with Crippen LogP contribution in [0, 0.1) is 0 Å². The van der Waals surface area contributed by atoms with Gasteiger partial charge in [-0.3, -0.25) is 10.1 Å². The van der Waals surface area contributed by atoms with Crippen LogP contribution in [0.5, 0.6) is 0 Å².